The molecule has 3 aromatic rings. The zero-order valence-electron chi connectivity index (χ0n) is 17.4. The van der Waals surface area contributed by atoms with Gasteiger partial charge in [-0.25, -0.2) is 15.0 Å². The minimum absolute atomic E-state index is 0.653. The topological polar surface area (TPSA) is 71.8 Å². The van der Waals surface area contributed by atoms with Crippen molar-refractivity contribution in [3.05, 3.63) is 53.1 Å². The molecule has 0 radical (unpaired) electrons. The fourth-order valence-corrected chi connectivity index (χ4v) is 4.63. The van der Waals surface area contributed by atoms with Gasteiger partial charge in [-0.05, 0) is 37.8 Å². The number of aryl methyl sites for hydroxylation is 1. The molecule has 0 aromatic carbocycles. The van der Waals surface area contributed by atoms with Gasteiger partial charge in [0.1, 0.15) is 11.6 Å². The second-order valence-electron chi connectivity index (χ2n) is 8.77. The molecule has 7 heteroatoms. The van der Waals surface area contributed by atoms with E-state index in [1.807, 2.05) is 12.4 Å². The molecule has 0 bridgehead atoms. The van der Waals surface area contributed by atoms with Crippen LogP contribution in [0.4, 0.5) is 5.69 Å². The molecule has 0 spiro atoms. The maximum atomic E-state index is 4.97. The number of nitrogens with one attached hydrogen (secondary N) is 1. The van der Waals surface area contributed by atoms with E-state index in [9.17, 15) is 0 Å². The second kappa shape index (κ2) is 7.16. The number of rotatable bonds is 5. The van der Waals surface area contributed by atoms with Crippen molar-refractivity contribution in [2.24, 2.45) is 5.92 Å². The maximum absolute atomic E-state index is 4.97. The van der Waals surface area contributed by atoms with Crippen LogP contribution in [0.2, 0.25) is 0 Å². The summed E-state index contributed by atoms with van der Waals surface area (Å²) in [4.78, 5) is 21.5. The van der Waals surface area contributed by atoms with E-state index >= 15 is 0 Å². The van der Waals surface area contributed by atoms with E-state index in [0.717, 1.165) is 73.8 Å². The molecule has 0 amide bonds. The van der Waals surface area contributed by atoms with E-state index < -0.39 is 0 Å². The molecule has 2 aliphatic carbocycles. The highest BCUT2D eigenvalue weighted by atomic mass is 15.2. The predicted molar refractivity (Wildman–Crippen MR) is 116 cm³/mol. The maximum Gasteiger partial charge on any atom is 0.134 e. The summed E-state index contributed by atoms with van der Waals surface area (Å²) in [7, 11) is 0. The monoisotopic (exact) mass is 401 g/mol. The Hall–Kier alpha value is -2.80. The Bertz CT molecular complexity index is 1080. The number of imidazole rings is 1. The smallest absolute Gasteiger partial charge is 0.134 e. The number of piperazine rings is 1. The van der Waals surface area contributed by atoms with Gasteiger partial charge in [-0.3, -0.25) is 4.98 Å². The average molecular weight is 402 g/mol. The van der Waals surface area contributed by atoms with Crippen LogP contribution in [0, 0.1) is 12.8 Å². The SMILES string of the molecule is Cc1nc2c(n1CC1CC1)-c1nc(Cc3ccc(N4CCNCC4)cn3)ncc1C2. The summed E-state index contributed by atoms with van der Waals surface area (Å²) < 4.78 is 2.39. The van der Waals surface area contributed by atoms with Gasteiger partial charge >= 0.3 is 0 Å². The first-order valence-corrected chi connectivity index (χ1v) is 11.1. The highest BCUT2D eigenvalue weighted by Crippen LogP contribution is 2.38. The first-order valence-electron chi connectivity index (χ1n) is 11.1. The van der Waals surface area contributed by atoms with Crippen molar-refractivity contribution in [1.29, 1.82) is 0 Å². The Labute approximate surface area is 176 Å². The fourth-order valence-electron chi connectivity index (χ4n) is 4.63. The number of pyridine rings is 1. The molecule has 0 unspecified atom stereocenters. The molecule has 4 heterocycles. The summed E-state index contributed by atoms with van der Waals surface area (Å²) in [6.45, 7) is 7.32. The summed E-state index contributed by atoms with van der Waals surface area (Å²) in [5, 5.41) is 3.39. The number of fused-ring (bicyclic) bond motifs is 3. The van der Waals surface area contributed by atoms with E-state index in [0.29, 0.717) is 6.42 Å². The molecule has 0 atom stereocenters. The number of nitrogens with zero attached hydrogens (tertiary/aromatic N) is 6. The Morgan fingerprint density at radius 1 is 1.07 bits per heavy atom. The largest absolute Gasteiger partial charge is 0.368 e. The summed E-state index contributed by atoms with van der Waals surface area (Å²) in [6.07, 6.45) is 8.15. The first kappa shape index (κ1) is 18.0. The molecular formula is C23H27N7. The van der Waals surface area contributed by atoms with E-state index in [2.05, 4.69) is 38.8 Å². The quantitative estimate of drug-likeness (QED) is 0.554. The molecule has 154 valence electrons. The molecule has 6 rings (SSSR count). The van der Waals surface area contributed by atoms with Gasteiger partial charge in [0.15, 0.2) is 0 Å². The van der Waals surface area contributed by atoms with Gasteiger partial charge in [-0.1, -0.05) is 0 Å². The number of anilines is 1. The van der Waals surface area contributed by atoms with Crippen molar-refractivity contribution in [3.8, 4) is 11.4 Å². The van der Waals surface area contributed by atoms with Crippen LogP contribution in [0.1, 0.15) is 41.4 Å². The van der Waals surface area contributed by atoms with Crippen LogP contribution in [0.25, 0.3) is 11.4 Å². The van der Waals surface area contributed by atoms with Gasteiger partial charge in [0.05, 0.1) is 35.4 Å². The lowest BCUT2D eigenvalue weighted by molar-refractivity contribution is 0.588. The van der Waals surface area contributed by atoms with E-state index in [4.69, 9.17) is 15.0 Å². The second-order valence-corrected chi connectivity index (χ2v) is 8.77. The third-order valence-electron chi connectivity index (χ3n) is 6.50. The van der Waals surface area contributed by atoms with Gasteiger partial charge in [-0.15, -0.1) is 0 Å². The zero-order chi connectivity index (χ0) is 20.1. The first-order chi connectivity index (χ1) is 14.7. The molecule has 1 saturated heterocycles. The summed E-state index contributed by atoms with van der Waals surface area (Å²) in [5.41, 5.74) is 6.86. The van der Waals surface area contributed by atoms with E-state index in [-0.39, 0.29) is 0 Å². The normalized spacial score (nSPS) is 17.8. The third kappa shape index (κ3) is 3.27. The van der Waals surface area contributed by atoms with E-state index in [1.165, 1.54) is 29.8 Å². The summed E-state index contributed by atoms with van der Waals surface area (Å²) in [6, 6.07) is 4.29. The summed E-state index contributed by atoms with van der Waals surface area (Å²) in [5.74, 6) is 2.76. The van der Waals surface area contributed by atoms with Crippen molar-refractivity contribution in [2.75, 3.05) is 31.1 Å². The highest BCUT2D eigenvalue weighted by molar-refractivity contribution is 5.69. The van der Waals surface area contributed by atoms with Gasteiger partial charge in [0.25, 0.3) is 0 Å². The fraction of sp³-hybridized carbons (Fsp3) is 0.478. The Kier molecular flexibility index (Phi) is 4.30. The van der Waals surface area contributed by atoms with Crippen LogP contribution in [-0.2, 0) is 19.4 Å². The highest BCUT2D eigenvalue weighted by Gasteiger charge is 2.31. The van der Waals surface area contributed by atoms with Crippen LogP contribution in [-0.4, -0.2) is 50.7 Å². The third-order valence-corrected chi connectivity index (χ3v) is 6.50. The van der Waals surface area contributed by atoms with Gasteiger partial charge in [-0.2, -0.15) is 0 Å². The van der Waals surface area contributed by atoms with Crippen molar-refractivity contribution in [2.45, 2.75) is 39.2 Å². The Balaban J connectivity index is 1.24. The van der Waals surface area contributed by atoms with Crippen LogP contribution >= 0.6 is 0 Å². The van der Waals surface area contributed by atoms with Crippen LogP contribution in [0.5, 0.6) is 0 Å². The van der Waals surface area contributed by atoms with Gasteiger partial charge in [0.2, 0.25) is 0 Å². The minimum Gasteiger partial charge on any atom is -0.368 e. The van der Waals surface area contributed by atoms with Crippen LogP contribution in [0.15, 0.2) is 24.5 Å². The standard InChI is InChI=1S/C23H27N7/c1-15-27-20-10-17-12-26-21(28-22(17)23(20)30(15)14-16-2-3-16)11-18-4-5-19(13-25-18)29-8-6-24-7-9-29/h4-5,12-13,16,24H,2-3,6-11,14H2,1H3. The molecule has 7 nitrogen and oxygen atoms in total. The minimum atomic E-state index is 0.653. The lowest BCUT2D eigenvalue weighted by Crippen LogP contribution is -2.43. The van der Waals surface area contributed by atoms with Crippen molar-refractivity contribution >= 4 is 5.69 Å². The number of aromatic nitrogens is 5. The molecule has 30 heavy (non-hydrogen) atoms. The molecule has 3 aromatic heterocycles. The Morgan fingerprint density at radius 2 is 1.93 bits per heavy atom. The van der Waals surface area contributed by atoms with Gasteiger partial charge < -0.3 is 14.8 Å². The van der Waals surface area contributed by atoms with E-state index in [1.54, 1.807) is 0 Å². The average Bonchev–Trinajstić information content (AvgIpc) is 3.46. The number of hydrogen-bond acceptors (Lipinski definition) is 6. The lowest BCUT2D eigenvalue weighted by atomic mass is 10.2. The Morgan fingerprint density at radius 3 is 2.70 bits per heavy atom. The molecule has 3 aliphatic rings. The van der Waals surface area contributed by atoms with Crippen molar-refractivity contribution in [3.63, 3.8) is 0 Å². The molecule has 1 saturated carbocycles. The molecule has 2 fully saturated rings. The molecular weight excluding hydrogens is 374 g/mol. The number of hydrogen-bond donors (Lipinski definition) is 1. The molecule has 1 N–H and O–H groups in total. The molecule has 1 aliphatic heterocycles. The zero-order valence-corrected chi connectivity index (χ0v) is 17.4. The lowest BCUT2D eigenvalue weighted by Gasteiger charge is -2.29. The van der Waals surface area contributed by atoms with Gasteiger partial charge in [0, 0.05) is 56.6 Å². The predicted octanol–water partition coefficient (Wildman–Crippen LogP) is 2.36. The van der Waals surface area contributed by atoms with Crippen molar-refractivity contribution in [1.82, 2.24) is 29.8 Å². The van der Waals surface area contributed by atoms with Crippen LogP contribution < -0.4 is 10.2 Å². The summed E-state index contributed by atoms with van der Waals surface area (Å²) >= 11 is 0. The van der Waals surface area contributed by atoms with Crippen LogP contribution in [0.3, 0.4) is 0 Å². The van der Waals surface area contributed by atoms with Crippen molar-refractivity contribution < 1.29 is 0 Å².